The molecule has 0 saturated heterocycles. The van der Waals surface area contributed by atoms with Gasteiger partial charge in [0.05, 0.1) is 4.92 Å². The highest BCUT2D eigenvalue weighted by Crippen LogP contribution is 2.45. The standard InChI is InChI=1S/C23H23N3O4/c1-24(2)25-20-12-17(15-6-4-3-5-7-15)13-21(27)23(20)19(14-22(25)28)16-8-10-18(11-9-16)26(29)30/h3-11,17,19H,12-14H2,1-2H3. The number of amides is 1. The molecule has 0 spiro atoms. The smallest absolute Gasteiger partial charge is 0.269 e. The van der Waals surface area contributed by atoms with Gasteiger partial charge < -0.3 is 0 Å². The molecular formula is C23H23N3O4. The molecule has 2 aromatic carbocycles. The number of allylic oxidation sites excluding steroid dienone is 2. The fourth-order valence-electron chi connectivity index (χ4n) is 4.56. The average Bonchev–Trinajstić information content (AvgIpc) is 2.73. The van der Waals surface area contributed by atoms with Crippen LogP contribution in [0.15, 0.2) is 65.9 Å². The van der Waals surface area contributed by atoms with E-state index in [1.165, 1.54) is 12.1 Å². The van der Waals surface area contributed by atoms with E-state index < -0.39 is 4.92 Å². The van der Waals surface area contributed by atoms with Crippen molar-refractivity contribution in [1.82, 2.24) is 10.0 Å². The highest BCUT2D eigenvalue weighted by molar-refractivity contribution is 6.02. The van der Waals surface area contributed by atoms with Crippen LogP contribution in [0.5, 0.6) is 0 Å². The van der Waals surface area contributed by atoms with Crippen LogP contribution >= 0.6 is 0 Å². The Hall–Kier alpha value is -3.32. The molecule has 30 heavy (non-hydrogen) atoms. The van der Waals surface area contributed by atoms with Crippen LogP contribution in [0, 0.1) is 10.1 Å². The Morgan fingerprint density at radius 3 is 2.20 bits per heavy atom. The summed E-state index contributed by atoms with van der Waals surface area (Å²) >= 11 is 0. The Morgan fingerprint density at radius 2 is 1.60 bits per heavy atom. The number of non-ortho nitro benzene ring substituents is 1. The van der Waals surface area contributed by atoms with Gasteiger partial charge in [0.2, 0.25) is 5.91 Å². The lowest BCUT2D eigenvalue weighted by atomic mass is 9.73. The largest absolute Gasteiger partial charge is 0.294 e. The maximum Gasteiger partial charge on any atom is 0.269 e. The summed E-state index contributed by atoms with van der Waals surface area (Å²) in [5, 5.41) is 14.3. The Kier molecular flexibility index (Phi) is 5.22. The van der Waals surface area contributed by atoms with Crippen molar-refractivity contribution in [2.45, 2.75) is 31.1 Å². The van der Waals surface area contributed by atoms with E-state index in [0.717, 1.165) is 16.8 Å². The molecule has 1 amide bonds. The molecule has 0 N–H and O–H groups in total. The minimum Gasteiger partial charge on any atom is -0.294 e. The number of hydrogen-bond acceptors (Lipinski definition) is 5. The average molecular weight is 405 g/mol. The molecule has 2 aromatic rings. The van der Waals surface area contributed by atoms with E-state index in [2.05, 4.69) is 0 Å². The first-order valence-electron chi connectivity index (χ1n) is 9.92. The maximum atomic E-state index is 13.3. The van der Waals surface area contributed by atoms with E-state index in [1.54, 1.807) is 36.2 Å². The number of hydrazine groups is 1. The number of carbonyl (C=O) groups excluding carboxylic acids is 2. The molecule has 2 unspecified atom stereocenters. The van der Waals surface area contributed by atoms with Gasteiger partial charge in [0, 0.05) is 56.3 Å². The Balaban J connectivity index is 1.78. The van der Waals surface area contributed by atoms with Gasteiger partial charge in [-0.25, -0.2) is 10.0 Å². The zero-order valence-electron chi connectivity index (χ0n) is 16.9. The van der Waals surface area contributed by atoms with Gasteiger partial charge in [-0.1, -0.05) is 42.5 Å². The van der Waals surface area contributed by atoms with Gasteiger partial charge in [-0.2, -0.15) is 0 Å². The van der Waals surface area contributed by atoms with Crippen molar-refractivity contribution < 1.29 is 14.5 Å². The maximum absolute atomic E-state index is 13.3. The van der Waals surface area contributed by atoms with E-state index in [4.69, 9.17) is 0 Å². The van der Waals surface area contributed by atoms with E-state index in [0.29, 0.717) is 18.4 Å². The minimum atomic E-state index is -0.454. The molecule has 1 heterocycles. The van der Waals surface area contributed by atoms with Crippen LogP contribution in [0.4, 0.5) is 5.69 Å². The van der Waals surface area contributed by atoms with E-state index in [1.807, 2.05) is 30.3 Å². The molecule has 4 rings (SSSR count). The molecule has 2 atom stereocenters. The second-order valence-corrected chi connectivity index (χ2v) is 7.96. The second-order valence-electron chi connectivity index (χ2n) is 7.96. The third kappa shape index (κ3) is 3.52. The number of Topliss-reactive ketones (excluding diaryl/α,β-unsaturated/α-hetero) is 1. The summed E-state index contributed by atoms with van der Waals surface area (Å²) in [4.78, 5) is 36.9. The third-order valence-corrected chi connectivity index (χ3v) is 5.88. The molecule has 0 radical (unpaired) electrons. The van der Waals surface area contributed by atoms with Crippen molar-refractivity contribution in [3.63, 3.8) is 0 Å². The fourth-order valence-corrected chi connectivity index (χ4v) is 4.56. The van der Waals surface area contributed by atoms with Gasteiger partial charge in [-0.15, -0.1) is 0 Å². The van der Waals surface area contributed by atoms with Crippen LogP contribution in [-0.2, 0) is 9.59 Å². The van der Waals surface area contributed by atoms with E-state index >= 15 is 0 Å². The zero-order chi connectivity index (χ0) is 21.4. The van der Waals surface area contributed by atoms with Crippen molar-refractivity contribution >= 4 is 17.4 Å². The molecule has 7 nitrogen and oxygen atoms in total. The molecule has 154 valence electrons. The Labute approximate surface area is 174 Å². The van der Waals surface area contributed by atoms with E-state index in [-0.39, 0.29) is 35.6 Å². The van der Waals surface area contributed by atoms with Crippen molar-refractivity contribution in [2.75, 3.05) is 14.1 Å². The minimum absolute atomic E-state index is 0.0101. The SMILES string of the molecule is CN(C)N1C(=O)CC(c2ccc([N+](=O)[O-])cc2)C2=C1CC(c1ccccc1)CC2=O. The van der Waals surface area contributed by atoms with Gasteiger partial charge in [0.25, 0.3) is 5.69 Å². The van der Waals surface area contributed by atoms with Gasteiger partial charge in [0.15, 0.2) is 5.78 Å². The fraction of sp³-hybridized carbons (Fsp3) is 0.304. The quantitative estimate of drug-likeness (QED) is 0.571. The third-order valence-electron chi connectivity index (χ3n) is 5.88. The van der Waals surface area contributed by atoms with Crippen molar-refractivity contribution in [3.05, 3.63) is 87.1 Å². The molecule has 7 heteroatoms. The highest BCUT2D eigenvalue weighted by atomic mass is 16.6. The summed E-state index contributed by atoms with van der Waals surface area (Å²) in [6.45, 7) is 0. The number of nitro benzene ring substituents is 1. The van der Waals surface area contributed by atoms with Gasteiger partial charge >= 0.3 is 0 Å². The van der Waals surface area contributed by atoms with Crippen LogP contribution in [-0.4, -0.2) is 40.7 Å². The van der Waals surface area contributed by atoms with Crippen LogP contribution in [0.2, 0.25) is 0 Å². The summed E-state index contributed by atoms with van der Waals surface area (Å²) in [5.41, 5.74) is 3.23. The number of nitro groups is 1. The lowest BCUT2D eigenvalue weighted by Crippen LogP contribution is -2.47. The van der Waals surface area contributed by atoms with Crippen molar-refractivity contribution in [1.29, 1.82) is 0 Å². The zero-order valence-corrected chi connectivity index (χ0v) is 16.9. The first kappa shape index (κ1) is 20.0. The Morgan fingerprint density at radius 1 is 0.933 bits per heavy atom. The topological polar surface area (TPSA) is 83.8 Å². The van der Waals surface area contributed by atoms with Crippen LogP contribution in [0.25, 0.3) is 0 Å². The highest BCUT2D eigenvalue weighted by Gasteiger charge is 2.42. The molecular weight excluding hydrogens is 382 g/mol. The van der Waals surface area contributed by atoms with Crippen LogP contribution in [0.1, 0.15) is 42.2 Å². The number of ketones is 1. The van der Waals surface area contributed by atoms with Crippen LogP contribution < -0.4 is 0 Å². The Bertz CT molecular complexity index is 1030. The molecule has 0 aromatic heterocycles. The predicted octanol–water partition coefficient (Wildman–Crippen LogP) is 3.79. The predicted molar refractivity (Wildman–Crippen MR) is 111 cm³/mol. The summed E-state index contributed by atoms with van der Waals surface area (Å²) in [6, 6.07) is 16.1. The molecule has 0 fully saturated rings. The molecule has 2 aliphatic rings. The number of hydrogen-bond donors (Lipinski definition) is 0. The molecule has 1 aliphatic heterocycles. The normalized spacial score (nSPS) is 21.8. The van der Waals surface area contributed by atoms with Gasteiger partial charge in [-0.05, 0) is 23.5 Å². The summed E-state index contributed by atoms with van der Waals surface area (Å²) in [7, 11) is 3.59. The van der Waals surface area contributed by atoms with Gasteiger partial charge in [-0.3, -0.25) is 19.7 Å². The van der Waals surface area contributed by atoms with Gasteiger partial charge in [0.1, 0.15) is 0 Å². The molecule has 1 aliphatic carbocycles. The van der Waals surface area contributed by atoms with Crippen LogP contribution in [0.3, 0.4) is 0 Å². The molecule has 0 bridgehead atoms. The number of carbonyl (C=O) groups is 2. The van der Waals surface area contributed by atoms with Crippen molar-refractivity contribution in [2.24, 2.45) is 0 Å². The monoisotopic (exact) mass is 405 g/mol. The number of rotatable bonds is 4. The van der Waals surface area contributed by atoms with Crippen molar-refractivity contribution in [3.8, 4) is 0 Å². The second kappa shape index (κ2) is 7.84. The van der Waals surface area contributed by atoms with E-state index in [9.17, 15) is 19.7 Å². The summed E-state index contributed by atoms with van der Waals surface area (Å²) < 4.78 is 0. The number of nitrogens with zero attached hydrogens (tertiary/aromatic N) is 3. The first-order chi connectivity index (χ1) is 14.4. The summed E-state index contributed by atoms with van der Waals surface area (Å²) in [5.74, 6) is -0.409. The number of benzene rings is 2. The first-order valence-corrected chi connectivity index (χ1v) is 9.92. The lowest BCUT2D eigenvalue weighted by molar-refractivity contribution is -0.384. The summed E-state index contributed by atoms with van der Waals surface area (Å²) in [6.07, 6.45) is 1.15. The molecule has 0 saturated carbocycles. The lowest BCUT2D eigenvalue weighted by Gasteiger charge is -2.42.